The van der Waals surface area contributed by atoms with Gasteiger partial charge in [0.05, 0.1) is 0 Å². The van der Waals surface area contributed by atoms with Crippen molar-refractivity contribution in [1.82, 2.24) is 20.5 Å². The third-order valence-corrected chi connectivity index (χ3v) is 5.68. The highest BCUT2D eigenvalue weighted by atomic mass is 16.4. The van der Waals surface area contributed by atoms with Crippen LogP contribution in [0, 0.1) is 5.92 Å². The Balaban J connectivity index is 1.69. The Morgan fingerprint density at radius 1 is 1.06 bits per heavy atom. The van der Waals surface area contributed by atoms with E-state index < -0.39 is 24.0 Å². The Labute approximate surface area is 182 Å². The van der Waals surface area contributed by atoms with Gasteiger partial charge in [-0.05, 0) is 43.2 Å². The number of likely N-dealkylation sites (tertiary alicyclic amines) is 1. The Hall–Kier alpha value is -3.03. The number of nitrogens with one attached hydrogen (secondary N) is 3. The van der Waals surface area contributed by atoms with Gasteiger partial charge in [0.15, 0.2) is 0 Å². The van der Waals surface area contributed by atoms with Gasteiger partial charge < -0.3 is 25.6 Å². The van der Waals surface area contributed by atoms with Crippen molar-refractivity contribution in [1.29, 1.82) is 0 Å². The van der Waals surface area contributed by atoms with E-state index in [-0.39, 0.29) is 18.4 Å². The summed E-state index contributed by atoms with van der Waals surface area (Å²) in [5, 5.41) is 16.1. The number of fused-ring (bicyclic) bond motifs is 1. The van der Waals surface area contributed by atoms with Crippen molar-refractivity contribution < 1.29 is 19.5 Å². The molecule has 8 nitrogen and oxygen atoms in total. The molecule has 1 aromatic heterocycles. The van der Waals surface area contributed by atoms with Gasteiger partial charge >= 0.3 is 12.0 Å². The first-order valence-electron chi connectivity index (χ1n) is 11.0. The maximum atomic E-state index is 13.0. The van der Waals surface area contributed by atoms with Crippen molar-refractivity contribution in [3.63, 3.8) is 0 Å². The summed E-state index contributed by atoms with van der Waals surface area (Å²) >= 11 is 0. The van der Waals surface area contributed by atoms with Gasteiger partial charge in [-0.15, -0.1) is 0 Å². The monoisotopic (exact) mass is 428 g/mol. The molecule has 2 aromatic rings. The lowest BCUT2D eigenvalue weighted by atomic mass is 10.0. The molecule has 3 amide bonds. The van der Waals surface area contributed by atoms with Gasteiger partial charge in [0, 0.05) is 36.6 Å². The molecule has 1 aliphatic rings. The number of hydrogen-bond donors (Lipinski definition) is 4. The average molecular weight is 429 g/mol. The maximum absolute atomic E-state index is 13.0. The molecule has 1 saturated heterocycles. The van der Waals surface area contributed by atoms with Crippen LogP contribution in [-0.2, 0) is 16.0 Å². The highest BCUT2D eigenvalue weighted by molar-refractivity contribution is 5.91. The van der Waals surface area contributed by atoms with Crippen molar-refractivity contribution in [3.8, 4) is 0 Å². The number of rotatable bonds is 8. The van der Waals surface area contributed by atoms with Gasteiger partial charge in [0.2, 0.25) is 5.91 Å². The van der Waals surface area contributed by atoms with Gasteiger partial charge in [-0.1, -0.05) is 32.0 Å². The standard InChI is InChI=1S/C23H32N4O4/c1-15(2)12-19(26-23(31)27-10-6-3-7-11-27)21(28)25-20(22(29)30)13-16-14-24-18-9-5-4-8-17(16)18/h4-5,8-9,14-15,19-20,24H,3,6-7,10-13H2,1-2H3,(H,25,28)(H,26,31)(H,29,30)/t19-,20+/m0/s1. The van der Waals surface area contributed by atoms with E-state index in [2.05, 4.69) is 15.6 Å². The number of amides is 3. The minimum Gasteiger partial charge on any atom is -0.480 e. The van der Waals surface area contributed by atoms with Crippen molar-refractivity contribution in [2.75, 3.05) is 13.1 Å². The van der Waals surface area contributed by atoms with E-state index in [0.717, 1.165) is 35.7 Å². The van der Waals surface area contributed by atoms with Crippen LogP contribution in [-0.4, -0.2) is 58.1 Å². The second-order valence-corrected chi connectivity index (χ2v) is 8.64. The Morgan fingerprint density at radius 3 is 2.45 bits per heavy atom. The van der Waals surface area contributed by atoms with E-state index in [4.69, 9.17) is 0 Å². The number of carboxylic acids is 1. The molecular weight excluding hydrogens is 396 g/mol. The molecule has 0 bridgehead atoms. The third kappa shape index (κ3) is 5.99. The van der Waals surface area contributed by atoms with Crippen LogP contribution in [0.3, 0.4) is 0 Å². The number of para-hydroxylation sites is 1. The van der Waals surface area contributed by atoms with E-state index in [1.807, 2.05) is 38.1 Å². The molecule has 0 unspecified atom stereocenters. The molecule has 4 N–H and O–H groups in total. The molecular formula is C23H32N4O4. The lowest BCUT2D eigenvalue weighted by Crippen LogP contribution is -2.55. The van der Waals surface area contributed by atoms with Gasteiger partial charge in [-0.2, -0.15) is 0 Å². The number of hydrogen-bond acceptors (Lipinski definition) is 3. The van der Waals surface area contributed by atoms with Crippen molar-refractivity contribution in [3.05, 3.63) is 36.0 Å². The fraction of sp³-hybridized carbons (Fsp3) is 0.522. The van der Waals surface area contributed by atoms with Crippen LogP contribution in [0.2, 0.25) is 0 Å². The molecule has 1 fully saturated rings. The summed E-state index contributed by atoms with van der Waals surface area (Å²) in [7, 11) is 0. The molecule has 8 heteroatoms. The molecule has 168 valence electrons. The predicted octanol–water partition coefficient (Wildman–Crippen LogP) is 2.89. The predicted molar refractivity (Wildman–Crippen MR) is 119 cm³/mol. The second kappa shape index (κ2) is 10.3. The number of H-pyrrole nitrogens is 1. The fourth-order valence-corrected chi connectivity index (χ4v) is 4.03. The first kappa shape index (κ1) is 22.7. The Morgan fingerprint density at radius 2 is 1.77 bits per heavy atom. The molecule has 0 saturated carbocycles. The summed E-state index contributed by atoms with van der Waals surface area (Å²) in [6, 6.07) is 5.50. The number of carbonyl (C=O) groups is 3. The largest absolute Gasteiger partial charge is 0.480 e. The molecule has 31 heavy (non-hydrogen) atoms. The maximum Gasteiger partial charge on any atom is 0.326 e. The Bertz CT molecular complexity index is 917. The van der Waals surface area contributed by atoms with Crippen LogP contribution in [0.1, 0.15) is 45.1 Å². The number of nitrogens with zero attached hydrogens (tertiary/aromatic N) is 1. The van der Waals surface area contributed by atoms with Gasteiger partial charge in [0.1, 0.15) is 12.1 Å². The lowest BCUT2D eigenvalue weighted by Gasteiger charge is -2.30. The lowest BCUT2D eigenvalue weighted by molar-refractivity contribution is -0.142. The minimum absolute atomic E-state index is 0.152. The van der Waals surface area contributed by atoms with Gasteiger partial charge in [0.25, 0.3) is 0 Å². The van der Waals surface area contributed by atoms with Crippen molar-refractivity contribution in [2.24, 2.45) is 5.92 Å². The highest BCUT2D eigenvalue weighted by Gasteiger charge is 2.29. The minimum atomic E-state index is -1.11. The third-order valence-electron chi connectivity index (χ3n) is 5.68. The molecule has 1 aromatic carbocycles. The second-order valence-electron chi connectivity index (χ2n) is 8.64. The number of benzene rings is 1. The molecule has 3 rings (SSSR count). The van der Waals surface area contributed by atoms with E-state index in [0.29, 0.717) is 19.5 Å². The Kier molecular flexibility index (Phi) is 7.55. The molecule has 0 radical (unpaired) electrons. The van der Waals surface area contributed by atoms with Crippen LogP contribution < -0.4 is 10.6 Å². The number of piperidine rings is 1. The fourth-order valence-electron chi connectivity index (χ4n) is 4.03. The molecule has 2 atom stereocenters. The quantitative estimate of drug-likeness (QED) is 0.517. The number of aliphatic carboxylic acids is 1. The van der Waals surface area contributed by atoms with Crippen molar-refractivity contribution >= 4 is 28.8 Å². The SMILES string of the molecule is CC(C)C[C@H](NC(=O)N1CCCCC1)C(=O)N[C@H](Cc1c[nH]c2ccccc12)C(=O)O. The highest BCUT2D eigenvalue weighted by Crippen LogP contribution is 2.19. The molecule has 0 spiro atoms. The zero-order valence-electron chi connectivity index (χ0n) is 18.2. The zero-order chi connectivity index (χ0) is 22.4. The summed E-state index contributed by atoms with van der Waals surface area (Å²) in [5.74, 6) is -1.41. The first-order chi connectivity index (χ1) is 14.8. The number of carbonyl (C=O) groups excluding carboxylic acids is 2. The molecule has 1 aliphatic heterocycles. The summed E-state index contributed by atoms with van der Waals surface area (Å²) < 4.78 is 0. The molecule has 0 aliphatic carbocycles. The average Bonchev–Trinajstić information content (AvgIpc) is 3.16. The zero-order valence-corrected chi connectivity index (χ0v) is 18.2. The summed E-state index contributed by atoms with van der Waals surface area (Å²) in [5.41, 5.74) is 1.74. The number of carboxylic acid groups (broad SMARTS) is 1. The number of urea groups is 1. The van der Waals surface area contributed by atoms with E-state index >= 15 is 0 Å². The number of aromatic amines is 1. The van der Waals surface area contributed by atoms with E-state index in [1.165, 1.54) is 0 Å². The van der Waals surface area contributed by atoms with E-state index in [9.17, 15) is 19.5 Å². The topological polar surface area (TPSA) is 115 Å². The van der Waals surface area contributed by atoms with Gasteiger partial charge in [-0.3, -0.25) is 4.79 Å². The first-order valence-corrected chi connectivity index (χ1v) is 11.0. The van der Waals surface area contributed by atoms with Crippen molar-refractivity contribution in [2.45, 2.75) is 58.0 Å². The van der Waals surface area contributed by atoms with Crippen LogP contribution in [0.5, 0.6) is 0 Å². The van der Waals surface area contributed by atoms with Gasteiger partial charge in [-0.25, -0.2) is 9.59 Å². The van der Waals surface area contributed by atoms with Crippen LogP contribution in [0.15, 0.2) is 30.5 Å². The van der Waals surface area contributed by atoms with Crippen LogP contribution in [0.25, 0.3) is 10.9 Å². The van der Waals surface area contributed by atoms with Crippen LogP contribution >= 0.6 is 0 Å². The van der Waals surface area contributed by atoms with E-state index in [1.54, 1.807) is 11.1 Å². The normalized spacial score (nSPS) is 16.2. The summed E-state index contributed by atoms with van der Waals surface area (Å²) in [6.07, 6.45) is 5.38. The summed E-state index contributed by atoms with van der Waals surface area (Å²) in [6.45, 7) is 5.29. The molecule has 2 heterocycles. The number of aromatic nitrogens is 1. The summed E-state index contributed by atoms with van der Waals surface area (Å²) in [4.78, 5) is 42.4. The smallest absolute Gasteiger partial charge is 0.326 e. The van der Waals surface area contributed by atoms with Crippen LogP contribution in [0.4, 0.5) is 4.79 Å².